The van der Waals surface area contributed by atoms with Gasteiger partial charge in [0, 0.05) is 23.2 Å². The number of hydrogen-bond acceptors (Lipinski definition) is 2. The Morgan fingerprint density at radius 3 is 2.52 bits per heavy atom. The van der Waals surface area contributed by atoms with Crippen LogP contribution in [0.3, 0.4) is 0 Å². The molecule has 2 nitrogen and oxygen atoms in total. The van der Waals surface area contributed by atoms with Crippen molar-refractivity contribution in [1.82, 2.24) is 5.32 Å². The lowest BCUT2D eigenvalue weighted by Crippen LogP contribution is -2.21. The molecule has 21 heavy (non-hydrogen) atoms. The van der Waals surface area contributed by atoms with Gasteiger partial charge in [-0.2, -0.15) is 0 Å². The van der Waals surface area contributed by atoms with E-state index < -0.39 is 0 Å². The summed E-state index contributed by atoms with van der Waals surface area (Å²) in [7, 11) is 0. The second-order valence-electron chi connectivity index (χ2n) is 5.20. The fourth-order valence-corrected chi connectivity index (χ4v) is 2.04. The highest BCUT2D eigenvalue weighted by molar-refractivity contribution is 6.30. The van der Waals surface area contributed by atoms with Gasteiger partial charge in [-0.05, 0) is 35.9 Å². The molecule has 0 aliphatic carbocycles. The van der Waals surface area contributed by atoms with E-state index in [1.165, 1.54) is 17.7 Å². The maximum atomic E-state index is 13.6. The first-order chi connectivity index (χ1) is 10.0. The van der Waals surface area contributed by atoms with Crippen LogP contribution in [0.25, 0.3) is 0 Å². The van der Waals surface area contributed by atoms with Gasteiger partial charge in [-0.3, -0.25) is 0 Å². The Hall–Kier alpha value is -1.58. The van der Waals surface area contributed by atoms with Crippen LogP contribution in [0.1, 0.15) is 25.0 Å². The van der Waals surface area contributed by atoms with Crippen molar-refractivity contribution in [3.63, 3.8) is 0 Å². The van der Waals surface area contributed by atoms with Crippen LogP contribution in [0.4, 0.5) is 4.39 Å². The van der Waals surface area contributed by atoms with Gasteiger partial charge < -0.3 is 10.1 Å². The number of halogens is 2. The van der Waals surface area contributed by atoms with Crippen molar-refractivity contribution >= 4 is 11.6 Å². The second-order valence-corrected chi connectivity index (χ2v) is 5.64. The average molecular weight is 308 g/mol. The van der Waals surface area contributed by atoms with Crippen molar-refractivity contribution in [3.8, 4) is 5.75 Å². The summed E-state index contributed by atoms with van der Waals surface area (Å²) in [6, 6.07) is 12.7. The Morgan fingerprint density at radius 1 is 1.14 bits per heavy atom. The van der Waals surface area contributed by atoms with Gasteiger partial charge in [0.25, 0.3) is 0 Å². The summed E-state index contributed by atoms with van der Waals surface area (Å²) >= 11 is 5.85. The zero-order valence-electron chi connectivity index (χ0n) is 12.2. The third-order valence-corrected chi connectivity index (χ3v) is 3.27. The Morgan fingerprint density at radius 2 is 1.86 bits per heavy atom. The maximum absolute atomic E-state index is 13.6. The highest BCUT2D eigenvalue weighted by atomic mass is 35.5. The molecular formula is C17H19ClFNO. The van der Waals surface area contributed by atoms with Crippen LogP contribution in [0.5, 0.6) is 5.75 Å². The summed E-state index contributed by atoms with van der Waals surface area (Å²) in [5, 5.41) is 3.85. The topological polar surface area (TPSA) is 21.3 Å². The van der Waals surface area contributed by atoms with Gasteiger partial charge in [0.05, 0.1) is 0 Å². The van der Waals surface area contributed by atoms with Crippen molar-refractivity contribution in [2.24, 2.45) is 0 Å². The largest absolute Gasteiger partial charge is 0.489 e. The smallest absolute Gasteiger partial charge is 0.129 e. The summed E-state index contributed by atoms with van der Waals surface area (Å²) in [4.78, 5) is 0. The maximum Gasteiger partial charge on any atom is 0.129 e. The molecule has 1 N–H and O–H groups in total. The number of hydrogen-bond donors (Lipinski definition) is 1. The number of nitrogens with one attached hydrogen (secondary N) is 1. The fourth-order valence-electron chi connectivity index (χ4n) is 1.84. The highest BCUT2D eigenvalue weighted by Gasteiger charge is 2.04. The molecule has 0 atom stereocenters. The van der Waals surface area contributed by atoms with Gasteiger partial charge in [-0.1, -0.05) is 37.6 Å². The van der Waals surface area contributed by atoms with E-state index in [1.807, 2.05) is 24.3 Å². The molecule has 0 saturated heterocycles. The first-order valence-electron chi connectivity index (χ1n) is 6.93. The summed E-state index contributed by atoms with van der Waals surface area (Å²) in [6.45, 7) is 5.20. The Labute approximate surface area is 129 Å². The molecule has 0 bridgehead atoms. The lowest BCUT2D eigenvalue weighted by Gasteiger charge is -2.10. The van der Waals surface area contributed by atoms with Crippen LogP contribution in [0.2, 0.25) is 5.02 Å². The standard InChI is InChI=1S/C17H19ClFNO/c1-12(2)20-10-13-3-6-16(7-4-13)21-11-14-9-15(18)5-8-17(14)19/h3-9,12,20H,10-11H2,1-2H3. The Bertz CT molecular complexity index is 584. The number of ether oxygens (including phenoxy) is 1. The van der Waals surface area contributed by atoms with E-state index in [9.17, 15) is 4.39 Å². The highest BCUT2D eigenvalue weighted by Crippen LogP contribution is 2.18. The summed E-state index contributed by atoms with van der Waals surface area (Å²) < 4.78 is 19.2. The summed E-state index contributed by atoms with van der Waals surface area (Å²) in [5.74, 6) is 0.403. The van der Waals surface area contributed by atoms with Crippen molar-refractivity contribution < 1.29 is 9.13 Å². The van der Waals surface area contributed by atoms with Crippen LogP contribution < -0.4 is 10.1 Å². The van der Waals surface area contributed by atoms with Crippen LogP contribution >= 0.6 is 11.6 Å². The van der Waals surface area contributed by atoms with Gasteiger partial charge in [-0.25, -0.2) is 4.39 Å². The molecule has 0 aliphatic rings. The molecule has 0 saturated carbocycles. The average Bonchev–Trinajstić information content (AvgIpc) is 2.47. The van der Waals surface area contributed by atoms with E-state index in [-0.39, 0.29) is 12.4 Å². The van der Waals surface area contributed by atoms with Crippen molar-refractivity contribution in [2.45, 2.75) is 33.0 Å². The lowest BCUT2D eigenvalue weighted by molar-refractivity contribution is 0.300. The lowest BCUT2D eigenvalue weighted by atomic mass is 10.2. The van der Waals surface area contributed by atoms with Crippen LogP contribution in [0.15, 0.2) is 42.5 Å². The molecular weight excluding hydrogens is 289 g/mol. The zero-order valence-corrected chi connectivity index (χ0v) is 13.0. The predicted octanol–water partition coefficient (Wildman–Crippen LogP) is 4.56. The quantitative estimate of drug-likeness (QED) is 0.845. The first-order valence-corrected chi connectivity index (χ1v) is 7.31. The van der Waals surface area contributed by atoms with Crippen LogP contribution in [-0.4, -0.2) is 6.04 Å². The number of rotatable bonds is 6. The molecule has 112 valence electrons. The molecule has 2 rings (SSSR count). The van der Waals surface area contributed by atoms with E-state index in [0.717, 1.165) is 6.54 Å². The monoisotopic (exact) mass is 307 g/mol. The van der Waals surface area contributed by atoms with E-state index in [1.54, 1.807) is 6.07 Å². The van der Waals surface area contributed by atoms with E-state index in [0.29, 0.717) is 22.4 Å². The molecule has 0 fully saturated rings. The first kappa shape index (κ1) is 15.8. The molecule has 2 aromatic rings. The third kappa shape index (κ3) is 5.03. The molecule has 2 aromatic carbocycles. The van der Waals surface area contributed by atoms with Gasteiger partial charge in [0.15, 0.2) is 0 Å². The van der Waals surface area contributed by atoms with Crippen molar-refractivity contribution in [3.05, 3.63) is 64.4 Å². The van der Waals surface area contributed by atoms with Gasteiger partial charge in [-0.15, -0.1) is 0 Å². The van der Waals surface area contributed by atoms with E-state index in [4.69, 9.17) is 16.3 Å². The van der Waals surface area contributed by atoms with Crippen LogP contribution in [-0.2, 0) is 13.2 Å². The fraction of sp³-hybridized carbons (Fsp3) is 0.294. The normalized spacial score (nSPS) is 10.9. The third-order valence-electron chi connectivity index (χ3n) is 3.04. The van der Waals surface area contributed by atoms with Gasteiger partial charge in [0.1, 0.15) is 18.2 Å². The van der Waals surface area contributed by atoms with Crippen molar-refractivity contribution in [2.75, 3.05) is 0 Å². The molecule has 0 unspecified atom stereocenters. The minimum Gasteiger partial charge on any atom is -0.489 e. The SMILES string of the molecule is CC(C)NCc1ccc(OCc2cc(Cl)ccc2F)cc1. The molecule has 4 heteroatoms. The number of benzene rings is 2. The summed E-state index contributed by atoms with van der Waals surface area (Å²) in [5.41, 5.74) is 1.64. The van der Waals surface area contributed by atoms with E-state index in [2.05, 4.69) is 19.2 Å². The molecule has 0 aliphatic heterocycles. The van der Waals surface area contributed by atoms with Crippen molar-refractivity contribution in [1.29, 1.82) is 0 Å². The zero-order chi connectivity index (χ0) is 15.2. The minimum absolute atomic E-state index is 0.163. The molecule has 0 spiro atoms. The molecule has 0 aromatic heterocycles. The molecule has 0 radical (unpaired) electrons. The summed E-state index contributed by atoms with van der Waals surface area (Å²) in [6.07, 6.45) is 0. The second kappa shape index (κ2) is 7.43. The predicted molar refractivity (Wildman–Crippen MR) is 84.2 cm³/mol. The molecule has 0 amide bonds. The van der Waals surface area contributed by atoms with Crippen LogP contribution in [0, 0.1) is 5.82 Å². The van der Waals surface area contributed by atoms with Gasteiger partial charge >= 0.3 is 0 Å². The van der Waals surface area contributed by atoms with Gasteiger partial charge in [0.2, 0.25) is 0 Å². The Kier molecular flexibility index (Phi) is 5.59. The minimum atomic E-state index is -0.308. The Balaban J connectivity index is 1.93. The molecule has 0 heterocycles. The van der Waals surface area contributed by atoms with E-state index >= 15 is 0 Å².